The van der Waals surface area contributed by atoms with Crippen molar-refractivity contribution in [3.05, 3.63) is 94.6 Å². The molecule has 2 fully saturated rings. The predicted octanol–water partition coefficient (Wildman–Crippen LogP) is 2.04. The first-order valence-electron chi connectivity index (χ1n) is 11.9. The fourth-order valence-corrected chi connectivity index (χ4v) is 7.89. The molecule has 0 aromatic heterocycles. The van der Waals surface area contributed by atoms with Crippen LogP contribution >= 0.6 is 0 Å². The molecule has 0 bridgehead atoms. The van der Waals surface area contributed by atoms with Crippen LogP contribution in [0.15, 0.2) is 60.7 Å². The third kappa shape index (κ3) is 4.28. The van der Waals surface area contributed by atoms with Gasteiger partial charge >= 0.3 is 25.8 Å². The summed E-state index contributed by atoms with van der Waals surface area (Å²) in [6, 6.07) is 20.3. The van der Waals surface area contributed by atoms with E-state index in [1.54, 1.807) is 12.1 Å². The second-order valence-electron chi connectivity index (χ2n) is 11.3. The molecule has 4 unspecified atom stereocenters. The van der Waals surface area contributed by atoms with Crippen LogP contribution in [0.5, 0.6) is 0 Å². The van der Waals surface area contributed by atoms with Gasteiger partial charge in [0.2, 0.25) is 0 Å². The van der Waals surface area contributed by atoms with Gasteiger partial charge in [0.05, 0.1) is 0 Å². The maximum atomic E-state index is 14.7. The molecule has 0 N–H and O–H groups in total. The Kier molecular flexibility index (Phi) is 8.18. The summed E-state index contributed by atoms with van der Waals surface area (Å²) < 4.78 is 28.7. The Morgan fingerprint density at radius 3 is 2.20 bits per heavy atom. The number of fused-ring (bicyclic) bond motifs is 4. The third-order valence-corrected chi connectivity index (χ3v) is 9.09. The van der Waals surface area contributed by atoms with E-state index < -0.39 is 11.6 Å². The Morgan fingerprint density at radius 1 is 0.771 bits per heavy atom. The van der Waals surface area contributed by atoms with Crippen LogP contribution in [0.25, 0.3) is 11.1 Å². The average molecular weight is 678 g/mol. The second kappa shape index (κ2) is 10.0. The zero-order valence-corrected chi connectivity index (χ0v) is 25.5. The van der Waals surface area contributed by atoms with Crippen LogP contribution < -0.4 is 24.8 Å². The van der Waals surface area contributed by atoms with Crippen molar-refractivity contribution in [3.8, 4) is 11.1 Å². The maximum absolute atomic E-state index is 14.7. The Morgan fingerprint density at radius 2 is 1.43 bits per heavy atom. The van der Waals surface area contributed by atoms with E-state index in [4.69, 9.17) is 0 Å². The van der Waals surface area contributed by atoms with Gasteiger partial charge in [0, 0.05) is 0 Å². The molecule has 0 amide bonds. The number of halogens is 4. The van der Waals surface area contributed by atoms with Crippen molar-refractivity contribution in [2.45, 2.75) is 57.8 Å². The molecule has 0 nitrogen and oxygen atoms in total. The summed E-state index contributed by atoms with van der Waals surface area (Å²) in [5.41, 5.74) is 7.91. The van der Waals surface area contributed by atoms with E-state index >= 15 is 0 Å². The van der Waals surface area contributed by atoms with Gasteiger partial charge < -0.3 is 24.8 Å². The molecule has 3 aromatic rings. The molecule has 3 aliphatic carbocycles. The smallest absolute Gasteiger partial charge is 1.00 e. The minimum atomic E-state index is -0.722. The zero-order valence-electron chi connectivity index (χ0n) is 20.3. The molecule has 182 valence electrons. The molecular weight excluding hydrogens is 648 g/mol. The number of rotatable bonds is 2. The Hall–Kier alpha value is -1.03. The molecule has 3 aliphatic rings. The molecule has 4 atom stereocenters. The van der Waals surface area contributed by atoms with Crippen molar-refractivity contribution < 1.29 is 59.4 Å². The molecule has 0 saturated heterocycles. The summed E-state index contributed by atoms with van der Waals surface area (Å²) >= 11 is 0. The van der Waals surface area contributed by atoms with E-state index in [1.165, 1.54) is 33.9 Å². The molecule has 0 aliphatic heterocycles. The molecule has 0 spiro atoms. The summed E-state index contributed by atoms with van der Waals surface area (Å²) in [7, 11) is 0. The fraction of sp³-hybridized carbons (Fsp3) is 0.400. The number of benzene rings is 3. The standard InChI is InChI=1S/C30H30F2.2ClH.Hf/c1-29(2)17-30(3,24-12-6-11-22-20-9-5-4-8-18(20)14-23(22)24)26-16-19(15-25(26)29)21-10-7-13-27(31)28(21)32;;;/h4-13,19,25-26H,14-17H2,1-3H3;2*1H;/q;;;+2/p-2. The molecule has 6 rings (SSSR count). The number of hydrogen-bond acceptors (Lipinski definition) is 0. The van der Waals surface area contributed by atoms with Crippen molar-refractivity contribution in [1.82, 2.24) is 0 Å². The zero-order chi connectivity index (χ0) is 22.3. The Balaban J connectivity index is 0.00000114. The van der Waals surface area contributed by atoms with E-state index in [-0.39, 0.29) is 67.4 Å². The first-order valence-corrected chi connectivity index (χ1v) is 11.9. The summed E-state index contributed by atoms with van der Waals surface area (Å²) in [5, 5.41) is 0. The normalized spacial score (nSPS) is 27.1. The summed E-state index contributed by atoms with van der Waals surface area (Å²) in [5.74, 6) is -0.290. The van der Waals surface area contributed by atoms with Crippen molar-refractivity contribution in [3.63, 3.8) is 0 Å². The topological polar surface area (TPSA) is 0 Å². The van der Waals surface area contributed by atoms with Gasteiger partial charge in [-0.05, 0) is 93.7 Å². The van der Waals surface area contributed by atoms with Crippen molar-refractivity contribution in [1.29, 1.82) is 0 Å². The van der Waals surface area contributed by atoms with Gasteiger partial charge in [-0.1, -0.05) is 75.4 Å². The van der Waals surface area contributed by atoms with Crippen molar-refractivity contribution >= 4 is 0 Å². The SMILES string of the molecule is CC1(C)CC(C)(c2cccc3c2Cc2ccccc2-3)C2CC(c3cccc(F)c3F)CC21.[Cl-].[Cl-].[Hf+2]. The van der Waals surface area contributed by atoms with E-state index in [2.05, 4.69) is 63.2 Å². The number of hydrogen-bond donors (Lipinski definition) is 0. The molecule has 35 heavy (non-hydrogen) atoms. The minimum absolute atomic E-state index is 0. The predicted molar refractivity (Wildman–Crippen MR) is 126 cm³/mol. The molecular formula is C30H30Cl2F2Hf. The van der Waals surface area contributed by atoms with Crippen molar-refractivity contribution in [2.75, 3.05) is 0 Å². The van der Waals surface area contributed by atoms with Crippen LogP contribution in [-0.2, 0) is 37.7 Å². The van der Waals surface area contributed by atoms with E-state index in [0.717, 1.165) is 25.7 Å². The molecule has 3 aromatic carbocycles. The van der Waals surface area contributed by atoms with Gasteiger partial charge in [-0.15, -0.1) is 0 Å². The van der Waals surface area contributed by atoms with Gasteiger partial charge in [0.25, 0.3) is 0 Å². The molecule has 0 radical (unpaired) electrons. The van der Waals surface area contributed by atoms with E-state index in [0.29, 0.717) is 17.4 Å². The third-order valence-electron chi connectivity index (χ3n) is 9.09. The van der Waals surface area contributed by atoms with Crippen LogP contribution in [0, 0.1) is 28.9 Å². The minimum Gasteiger partial charge on any atom is -1.00 e. The average Bonchev–Trinajstić information content (AvgIpc) is 3.42. The molecule has 0 heterocycles. The largest absolute Gasteiger partial charge is 2.00 e. The first-order chi connectivity index (χ1) is 15.3. The van der Waals surface area contributed by atoms with Gasteiger partial charge in [-0.25, -0.2) is 8.78 Å². The fourth-order valence-electron chi connectivity index (χ4n) is 7.89. The van der Waals surface area contributed by atoms with Crippen LogP contribution in [0.4, 0.5) is 8.78 Å². The van der Waals surface area contributed by atoms with Crippen LogP contribution in [0.3, 0.4) is 0 Å². The van der Waals surface area contributed by atoms with Crippen LogP contribution in [-0.4, -0.2) is 0 Å². The first kappa shape index (κ1) is 28.5. The summed E-state index contributed by atoms with van der Waals surface area (Å²) in [4.78, 5) is 0. The summed E-state index contributed by atoms with van der Waals surface area (Å²) in [6.07, 6.45) is 4.02. The molecule has 2 saturated carbocycles. The maximum Gasteiger partial charge on any atom is 2.00 e. The Labute approximate surface area is 238 Å². The Bertz CT molecular complexity index is 1240. The summed E-state index contributed by atoms with van der Waals surface area (Å²) in [6.45, 7) is 7.22. The van der Waals surface area contributed by atoms with E-state index in [1.807, 2.05) is 0 Å². The van der Waals surface area contributed by atoms with Crippen LogP contribution in [0.1, 0.15) is 68.2 Å². The molecule has 5 heteroatoms. The van der Waals surface area contributed by atoms with E-state index in [9.17, 15) is 8.78 Å². The quantitative estimate of drug-likeness (QED) is 0.285. The van der Waals surface area contributed by atoms with Gasteiger partial charge in [-0.3, -0.25) is 0 Å². The van der Waals surface area contributed by atoms with Crippen LogP contribution in [0.2, 0.25) is 0 Å². The van der Waals surface area contributed by atoms with Gasteiger partial charge in [0.15, 0.2) is 11.6 Å². The van der Waals surface area contributed by atoms with Gasteiger partial charge in [0.1, 0.15) is 0 Å². The monoisotopic (exact) mass is 678 g/mol. The second-order valence-corrected chi connectivity index (χ2v) is 11.3. The van der Waals surface area contributed by atoms with Gasteiger partial charge in [-0.2, -0.15) is 0 Å². The van der Waals surface area contributed by atoms with Crippen molar-refractivity contribution in [2.24, 2.45) is 17.3 Å².